The second-order valence-electron chi connectivity index (χ2n) is 17.7. The van der Waals surface area contributed by atoms with Crippen LogP contribution in [-0.2, 0) is 4.74 Å². The van der Waals surface area contributed by atoms with E-state index in [1.165, 1.54) is 81.3 Å². The van der Waals surface area contributed by atoms with E-state index in [1.54, 1.807) is 69.1 Å². The molecule has 7 heterocycles. The Morgan fingerprint density at radius 1 is 0.662 bits per heavy atom. The molecule has 1 saturated heterocycles. The third kappa shape index (κ3) is 12.0. The van der Waals surface area contributed by atoms with Crippen LogP contribution in [0.25, 0.3) is 33.8 Å². The van der Waals surface area contributed by atoms with Gasteiger partial charge in [-0.3, -0.25) is 24.6 Å². The summed E-state index contributed by atoms with van der Waals surface area (Å²) >= 11 is 0. The zero-order valence-corrected chi connectivity index (χ0v) is 42.4. The molecule has 10 aromatic rings. The number of aromatic nitrogens is 10. The molecule has 408 valence electrons. The van der Waals surface area contributed by atoms with Crippen molar-refractivity contribution in [2.24, 2.45) is 0 Å². The third-order valence-electron chi connectivity index (χ3n) is 12.2. The highest BCUT2D eigenvalue weighted by molar-refractivity contribution is 6.10. The normalized spacial score (nSPS) is 13.2. The number of anilines is 2. The van der Waals surface area contributed by atoms with Gasteiger partial charge in [-0.2, -0.15) is 38.0 Å². The number of hydrogen-bond acceptors (Lipinski definition) is 15. The number of H-pyrrole nitrogens is 2. The van der Waals surface area contributed by atoms with Crippen LogP contribution in [0.5, 0.6) is 34.5 Å². The molecule has 0 spiro atoms. The lowest BCUT2D eigenvalue weighted by molar-refractivity contribution is -0.0501. The molecule has 1 fully saturated rings. The number of ether oxygens (including phenoxy) is 5. The summed E-state index contributed by atoms with van der Waals surface area (Å²) in [5.74, 6) is -0.000482. The van der Waals surface area contributed by atoms with Gasteiger partial charge in [0.2, 0.25) is 0 Å². The van der Waals surface area contributed by atoms with Crippen LogP contribution >= 0.6 is 0 Å². The molecule has 22 nitrogen and oxygen atoms in total. The zero-order chi connectivity index (χ0) is 55.9. The van der Waals surface area contributed by atoms with E-state index in [9.17, 15) is 31.9 Å². The van der Waals surface area contributed by atoms with Crippen molar-refractivity contribution >= 4 is 40.4 Å². The molecule has 3 amide bonds. The minimum atomic E-state index is -3.10. The largest absolute Gasteiger partial charge is 0.457 e. The molecule has 5 N–H and O–H groups in total. The smallest absolute Gasteiger partial charge is 0.387 e. The summed E-state index contributed by atoms with van der Waals surface area (Å²) < 4.78 is 83.3. The van der Waals surface area contributed by atoms with E-state index in [0.29, 0.717) is 47.3 Å². The molecule has 4 aromatic carbocycles. The van der Waals surface area contributed by atoms with Gasteiger partial charge in [-0.1, -0.05) is 18.2 Å². The number of alkyl halides is 4. The molecule has 6 aromatic heterocycles. The number of halogens is 4. The van der Waals surface area contributed by atoms with Crippen LogP contribution in [-0.4, -0.2) is 119 Å². The number of carbonyl (C=O) groups is 3. The summed E-state index contributed by atoms with van der Waals surface area (Å²) in [6.45, 7) is -2.26. The molecule has 1 aliphatic rings. The van der Waals surface area contributed by atoms with Crippen LogP contribution in [0.15, 0.2) is 141 Å². The van der Waals surface area contributed by atoms with Crippen molar-refractivity contribution in [3.8, 4) is 57.0 Å². The van der Waals surface area contributed by atoms with E-state index in [4.69, 9.17) is 23.7 Å². The van der Waals surface area contributed by atoms with Gasteiger partial charge < -0.3 is 44.5 Å². The van der Waals surface area contributed by atoms with Gasteiger partial charge in [0.05, 0.1) is 60.3 Å². The maximum atomic E-state index is 13.3. The summed E-state index contributed by atoms with van der Waals surface area (Å²) in [5, 5.41) is 30.5. The summed E-state index contributed by atoms with van der Waals surface area (Å²) in [6, 6.07) is 24.5. The summed E-state index contributed by atoms with van der Waals surface area (Å²) in [5.41, 5.74) is 4.55. The fraction of sp³-hybridized carbons (Fsp3) is 0.167. The van der Waals surface area contributed by atoms with Crippen LogP contribution in [0.2, 0.25) is 0 Å². The van der Waals surface area contributed by atoms with E-state index >= 15 is 0 Å². The molecule has 0 bridgehead atoms. The highest BCUT2D eigenvalue weighted by Crippen LogP contribution is 2.41. The molecule has 11 rings (SSSR count). The van der Waals surface area contributed by atoms with Gasteiger partial charge in [-0.25, -0.2) is 19.0 Å². The number of benzene rings is 4. The SMILES string of the molecule is Cc1ccc(Oc2ccc(OC(F)F)c(-c3[nH]ncc3NC(=O)c3cnn4cccnc34)c2)cc1C(=O)N(C)C.O=C(Nc1cn[nH]c1-c1cc(Oc2cccc(C3CNCCO3)c2)ccc1OC(F)F)c1cnn2cccnc12. The quantitative estimate of drug-likeness (QED) is 0.0565. The Hall–Kier alpha value is -10.2. The molecular formula is C54H46F4N14O8. The maximum absolute atomic E-state index is 13.3. The molecular weight excluding hydrogens is 1050 g/mol. The van der Waals surface area contributed by atoms with Crippen LogP contribution in [0.3, 0.4) is 0 Å². The Morgan fingerprint density at radius 3 is 1.70 bits per heavy atom. The van der Waals surface area contributed by atoms with Crippen molar-refractivity contribution in [3.05, 3.63) is 168 Å². The number of aromatic amines is 2. The zero-order valence-electron chi connectivity index (χ0n) is 42.4. The topological polar surface area (TPSA) is 254 Å². The summed E-state index contributed by atoms with van der Waals surface area (Å²) in [6.07, 6.45) is 11.8. The van der Waals surface area contributed by atoms with E-state index in [1.807, 2.05) is 25.1 Å². The molecule has 80 heavy (non-hydrogen) atoms. The lowest BCUT2D eigenvalue weighted by Gasteiger charge is -2.24. The number of rotatable bonds is 16. The number of morpholine rings is 1. The fourth-order valence-corrected chi connectivity index (χ4v) is 8.43. The number of carbonyl (C=O) groups excluding carboxylic acids is 3. The van der Waals surface area contributed by atoms with Crippen molar-refractivity contribution < 1.29 is 55.6 Å². The second-order valence-corrected chi connectivity index (χ2v) is 17.7. The van der Waals surface area contributed by atoms with Crippen LogP contribution in [0.1, 0.15) is 48.3 Å². The first-order valence-corrected chi connectivity index (χ1v) is 24.3. The molecule has 1 atom stereocenters. The standard InChI is InChI=1S/2C27H23F2N7O4/c28-27(29)40-22-6-5-18(39-17-4-1-3-16(11-17)23-15-30-8-10-38-23)12-19(22)24-21(14-32-35-24)34-26(37)20-13-33-36-9-2-7-31-25(20)36;1-15-5-6-16(11-18(15)26(38)35(2)3)39-17-7-8-22(40-27(28)29)19(12-17)23-21(14-31-34-23)33-25(37)20-13-32-36-10-4-9-30-24(20)36/h1-7,9,11-14,23,27,30H,8,10,15H2,(H,32,35)(H,34,37);4-14,27H,1-3H3,(H,31,34)(H,33,37). The van der Waals surface area contributed by atoms with Gasteiger partial charge in [-0.15, -0.1) is 0 Å². The first-order chi connectivity index (χ1) is 38.8. The molecule has 0 saturated carbocycles. The highest BCUT2D eigenvalue weighted by Gasteiger charge is 2.24. The monoisotopic (exact) mass is 1090 g/mol. The van der Waals surface area contributed by atoms with Gasteiger partial charge >= 0.3 is 13.2 Å². The number of nitrogens with zero attached hydrogens (tertiary/aromatic N) is 9. The number of nitrogens with one attached hydrogen (secondary N) is 5. The molecule has 1 aliphatic heterocycles. The Bertz CT molecular complexity index is 3860. The first-order valence-electron chi connectivity index (χ1n) is 24.3. The van der Waals surface area contributed by atoms with E-state index in [2.05, 4.69) is 56.5 Å². The summed E-state index contributed by atoms with van der Waals surface area (Å²) in [4.78, 5) is 48.5. The first kappa shape index (κ1) is 53.2. The van der Waals surface area contributed by atoms with Crippen molar-refractivity contribution in [2.45, 2.75) is 26.3 Å². The predicted octanol–water partition coefficient (Wildman–Crippen LogP) is 9.20. The fourth-order valence-electron chi connectivity index (χ4n) is 8.43. The molecule has 26 heteroatoms. The average molecular weight is 1100 g/mol. The number of fused-ring (bicyclic) bond motifs is 2. The molecule has 0 aliphatic carbocycles. The van der Waals surface area contributed by atoms with E-state index < -0.39 is 25.0 Å². The number of hydrogen-bond donors (Lipinski definition) is 5. The van der Waals surface area contributed by atoms with Crippen LogP contribution < -0.4 is 34.9 Å². The van der Waals surface area contributed by atoms with Crippen molar-refractivity contribution in [2.75, 3.05) is 44.4 Å². The van der Waals surface area contributed by atoms with Gasteiger partial charge in [0, 0.05) is 68.7 Å². The average Bonchev–Trinajstić information content (AvgIpc) is 4.31. The van der Waals surface area contributed by atoms with Crippen molar-refractivity contribution in [3.63, 3.8) is 0 Å². The minimum Gasteiger partial charge on any atom is -0.457 e. The maximum Gasteiger partial charge on any atom is 0.387 e. The minimum absolute atomic E-state index is 0.103. The molecule has 1 unspecified atom stereocenters. The Balaban J connectivity index is 0.000000180. The van der Waals surface area contributed by atoms with E-state index in [-0.39, 0.29) is 74.3 Å². The Morgan fingerprint density at radius 2 is 1.19 bits per heavy atom. The Labute approximate surface area is 450 Å². The summed E-state index contributed by atoms with van der Waals surface area (Å²) in [7, 11) is 3.30. The van der Waals surface area contributed by atoms with Crippen molar-refractivity contribution in [1.29, 1.82) is 0 Å². The Kier molecular flexibility index (Phi) is 15.7. The second kappa shape index (κ2) is 23.6. The van der Waals surface area contributed by atoms with Crippen LogP contribution in [0, 0.1) is 6.92 Å². The van der Waals surface area contributed by atoms with E-state index in [0.717, 1.165) is 17.7 Å². The van der Waals surface area contributed by atoms with Gasteiger partial charge in [0.1, 0.15) is 45.6 Å². The van der Waals surface area contributed by atoms with Gasteiger partial charge in [0.15, 0.2) is 11.3 Å². The number of aryl methyl sites for hydroxylation is 1. The van der Waals surface area contributed by atoms with Gasteiger partial charge in [0.25, 0.3) is 17.7 Å². The lowest BCUT2D eigenvalue weighted by atomic mass is 10.1. The number of amides is 3. The molecule has 0 radical (unpaired) electrons. The van der Waals surface area contributed by atoms with Gasteiger partial charge in [-0.05, 0) is 90.8 Å². The van der Waals surface area contributed by atoms with Crippen LogP contribution in [0.4, 0.5) is 28.9 Å². The third-order valence-corrected chi connectivity index (χ3v) is 12.2. The predicted molar refractivity (Wildman–Crippen MR) is 281 cm³/mol. The van der Waals surface area contributed by atoms with Crippen molar-refractivity contribution in [1.82, 2.24) is 59.8 Å². The lowest BCUT2D eigenvalue weighted by Crippen LogP contribution is -2.33. The highest BCUT2D eigenvalue weighted by atomic mass is 19.3.